The van der Waals surface area contributed by atoms with E-state index < -0.39 is 35.1 Å². The lowest BCUT2D eigenvalue weighted by Gasteiger charge is -2.41. The second-order valence-electron chi connectivity index (χ2n) is 11.6. The van der Waals surface area contributed by atoms with Crippen LogP contribution in [0.5, 0.6) is 0 Å². The number of ether oxygens (including phenoxy) is 3. The number of nitrogens with zero attached hydrogens (tertiary/aromatic N) is 3. The molecule has 226 valence electrons. The van der Waals surface area contributed by atoms with E-state index in [1.807, 2.05) is 0 Å². The van der Waals surface area contributed by atoms with Crippen LogP contribution in [0.25, 0.3) is 4.85 Å². The number of piperidine rings is 1. The van der Waals surface area contributed by atoms with Crippen LogP contribution in [0.4, 0.5) is 9.18 Å². The largest absolute Gasteiger partial charge is 0.465 e. The van der Waals surface area contributed by atoms with Crippen molar-refractivity contribution in [1.29, 1.82) is 0 Å². The number of rotatable bonds is 9. The number of nitrogens with one attached hydrogen (secondary N) is 1. The van der Waals surface area contributed by atoms with Crippen molar-refractivity contribution in [3.63, 3.8) is 0 Å². The molecule has 0 saturated carbocycles. The standard InChI is InChI=1S/C29H40ClFN4O6/c1-9-39-23(36)18-35(16-19-15-20(31)12-13-22(19)30)25(24(32-8)26(37)40-28(2,3)4)34-14-10-11-21(17-34)33-27(38)41-29(5,6)7/h12-13,15,21H,9-11,14,16-18H2,1-7H3,(H,33,38)/b25-24-/t21-/m0/s1. The molecule has 1 N–H and O–H groups in total. The molecule has 0 unspecified atom stereocenters. The molecule has 0 radical (unpaired) electrons. The molecule has 0 spiro atoms. The first-order valence-corrected chi connectivity index (χ1v) is 13.8. The Morgan fingerprint density at radius 2 is 1.83 bits per heavy atom. The average molecular weight is 595 g/mol. The molecule has 0 aromatic heterocycles. The molecule has 1 fully saturated rings. The van der Waals surface area contributed by atoms with E-state index >= 15 is 0 Å². The Morgan fingerprint density at radius 3 is 2.41 bits per heavy atom. The molecule has 2 rings (SSSR count). The van der Waals surface area contributed by atoms with Gasteiger partial charge in [0.2, 0.25) is 0 Å². The summed E-state index contributed by atoms with van der Waals surface area (Å²) in [7, 11) is 0. The zero-order chi connectivity index (χ0) is 31.0. The molecule has 0 aliphatic carbocycles. The fourth-order valence-electron chi connectivity index (χ4n) is 4.21. The number of carbonyl (C=O) groups excluding carboxylic acids is 3. The first-order valence-electron chi connectivity index (χ1n) is 13.5. The third-order valence-electron chi connectivity index (χ3n) is 5.65. The second-order valence-corrected chi connectivity index (χ2v) is 12.0. The number of hydrogen-bond donors (Lipinski definition) is 1. The van der Waals surface area contributed by atoms with E-state index in [1.54, 1.807) is 53.4 Å². The van der Waals surface area contributed by atoms with Crippen molar-refractivity contribution < 1.29 is 33.0 Å². The van der Waals surface area contributed by atoms with E-state index in [0.29, 0.717) is 24.9 Å². The number of carbonyl (C=O) groups is 3. The minimum atomic E-state index is -0.904. The number of hydrogen-bond acceptors (Lipinski definition) is 8. The average Bonchev–Trinajstić information content (AvgIpc) is 2.82. The van der Waals surface area contributed by atoms with Gasteiger partial charge in [-0.3, -0.25) is 9.59 Å². The zero-order valence-corrected chi connectivity index (χ0v) is 25.6. The summed E-state index contributed by atoms with van der Waals surface area (Å²) in [5, 5.41) is 3.09. The molecule has 1 heterocycles. The smallest absolute Gasteiger partial charge is 0.407 e. The van der Waals surface area contributed by atoms with Crippen LogP contribution >= 0.6 is 11.6 Å². The van der Waals surface area contributed by atoms with Gasteiger partial charge in [0.15, 0.2) is 0 Å². The molecule has 1 aliphatic rings. The van der Waals surface area contributed by atoms with Crippen LogP contribution in [0, 0.1) is 12.4 Å². The Hall–Kier alpha value is -3.52. The van der Waals surface area contributed by atoms with Crippen LogP contribution in [0.2, 0.25) is 5.02 Å². The number of amides is 1. The SMILES string of the molecule is [C-]#[N+]/C(C(=O)OC(C)(C)C)=C(\N(CC(=O)OCC)Cc1cc(F)ccc1Cl)N1CCC[C@H](NC(=O)OC(C)(C)C)C1. The highest BCUT2D eigenvalue weighted by atomic mass is 35.5. The van der Waals surface area contributed by atoms with Crippen molar-refractivity contribution in [2.75, 3.05) is 26.2 Å². The molecule has 1 aromatic rings. The third kappa shape index (κ3) is 11.1. The summed E-state index contributed by atoms with van der Waals surface area (Å²) in [6.07, 6.45) is 0.621. The highest BCUT2D eigenvalue weighted by Gasteiger charge is 2.34. The van der Waals surface area contributed by atoms with Gasteiger partial charge >= 0.3 is 23.7 Å². The molecule has 0 bridgehead atoms. The molecule has 10 nitrogen and oxygen atoms in total. The lowest BCUT2D eigenvalue weighted by atomic mass is 10.1. The summed E-state index contributed by atoms with van der Waals surface area (Å²) in [5.74, 6) is -1.95. The van der Waals surface area contributed by atoms with Crippen LogP contribution in [-0.2, 0) is 30.3 Å². The molecule has 12 heteroatoms. The van der Waals surface area contributed by atoms with Crippen molar-refractivity contribution in [3.05, 3.63) is 57.5 Å². The third-order valence-corrected chi connectivity index (χ3v) is 6.02. The highest BCUT2D eigenvalue weighted by Crippen LogP contribution is 2.28. The Balaban J connectivity index is 2.62. The number of likely N-dealkylation sites (tertiary alicyclic amines) is 1. The number of halogens is 2. The van der Waals surface area contributed by atoms with Crippen molar-refractivity contribution in [1.82, 2.24) is 15.1 Å². The van der Waals surface area contributed by atoms with Crippen LogP contribution < -0.4 is 5.32 Å². The van der Waals surface area contributed by atoms with Crippen molar-refractivity contribution in [2.24, 2.45) is 0 Å². The number of alkyl carbamates (subject to hydrolysis) is 1. The quantitative estimate of drug-likeness (QED) is 0.179. The van der Waals surface area contributed by atoms with Crippen LogP contribution in [0.15, 0.2) is 29.7 Å². The van der Waals surface area contributed by atoms with Gasteiger partial charge in [0, 0.05) is 30.7 Å². The zero-order valence-electron chi connectivity index (χ0n) is 24.8. The minimum absolute atomic E-state index is 0.0957. The Kier molecular flexibility index (Phi) is 11.8. The van der Waals surface area contributed by atoms with Gasteiger partial charge in [-0.1, -0.05) is 11.6 Å². The first kappa shape index (κ1) is 33.7. The fourth-order valence-corrected chi connectivity index (χ4v) is 4.39. The normalized spacial score (nSPS) is 16.2. The topological polar surface area (TPSA) is 102 Å². The molecule has 1 saturated heterocycles. The van der Waals surface area contributed by atoms with Gasteiger partial charge in [0.1, 0.15) is 29.4 Å². The van der Waals surface area contributed by atoms with Gasteiger partial charge in [-0.05, 0) is 85.1 Å². The summed E-state index contributed by atoms with van der Waals surface area (Å²) in [6.45, 7) is 20.1. The van der Waals surface area contributed by atoms with Gasteiger partial charge in [-0.2, -0.15) is 0 Å². The van der Waals surface area contributed by atoms with E-state index in [9.17, 15) is 18.8 Å². The Bertz CT molecular complexity index is 1190. The summed E-state index contributed by atoms with van der Waals surface area (Å²) < 4.78 is 30.3. The maximum Gasteiger partial charge on any atom is 0.407 e. The maximum absolute atomic E-state index is 14.2. The fraction of sp³-hybridized carbons (Fsp3) is 0.586. The monoisotopic (exact) mass is 594 g/mol. The lowest BCUT2D eigenvalue weighted by Crippen LogP contribution is -2.51. The minimum Gasteiger partial charge on any atom is -0.465 e. The Morgan fingerprint density at radius 1 is 1.17 bits per heavy atom. The van der Waals surface area contributed by atoms with Gasteiger partial charge in [0.25, 0.3) is 0 Å². The summed E-state index contributed by atoms with van der Waals surface area (Å²) in [5.41, 5.74) is -1.63. The number of benzene rings is 1. The summed E-state index contributed by atoms with van der Waals surface area (Å²) in [4.78, 5) is 45.4. The lowest BCUT2D eigenvalue weighted by molar-refractivity contribution is -0.150. The predicted molar refractivity (Wildman–Crippen MR) is 152 cm³/mol. The van der Waals surface area contributed by atoms with Crippen molar-refractivity contribution in [2.45, 2.75) is 85.1 Å². The Labute approximate surface area is 246 Å². The van der Waals surface area contributed by atoms with E-state index in [4.69, 9.17) is 32.4 Å². The van der Waals surface area contributed by atoms with Crippen LogP contribution in [0.1, 0.15) is 66.9 Å². The summed E-state index contributed by atoms with van der Waals surface area (Å²) >= 11 is 6.37. The molecule has 1 amide bonds. The first-order chi connectivity index (χ1) is 19.0. The van der Waals surface area contributed by atoms with Gasteiger partial charge in [-0.25, -0.2) is 14.0 Å². The van der Waals surface area contributed by atoms with Crippen LogP contribution in [0.3, 0.4) is 0 Å². The molecule has 1 aliphatic heterocycles. The molecular formula is C29H40ClFN4O6. The molecule has 1 aromatic carbocycles. The van der Waals surface area contributed by atoms with Crippen molar-refractivity contribution in [3.8, 4) is 0 Å². The number of esters is 2. The van der Waals surface area contributed by atoms with E-state index in [2.05, 4.69) is 10.2 Å². The van der Waals surface area contributed by atoms with E-state index in [1.165, 1.54) is 23.1 Å². The molecular weight excluding hydrogens is 555 g/mol. The summed E-state index contributed by atoms with van der Waals surface area (Å²) in [6, 6.07) is 3.44. The highest BCUT2D eigenvalue weighted by molar-refractivity contribution is 6.31. The van der Waals surface area contributed by atoms with Gasteiger partial charge in [0.05, 0.1) is 13.2 Å². The van der Waals surface area contributed by atoms with E-state index in [0.717, 1.165) is 0 Å². The molecule has 1 atom stereocenters. The predicted octanol–water partition coefficient (Wildman–Crippen LogP) is 5.26. The maximum atomic E-state index is 14.2. The van der Waals surface area contributed by atoms with Crippen LogP contribution in [-0.4, -0.2) is 71.3 Å². The van der Waals surface area contributed by atoms with Crippen molar-refractivity contribution >= 4 is 29.6 Å². The van der Waals surface area contributed by atoms with E-state index in [-0.39, 0.29) is 48.8 Å². The second kappa shape index (κ2) is 14.4. The van der Waals surface area contributed by atoms with Gasteiger partial charge < -0.3 is 29.3 Å². The van der Waals surface area contributed by atoms with Gasteiger partial charge in [-0.15, -0.1) is 0 Å². The molecule has 41 heavy (non-hydrogen) atoms.